The van der Waals surface area contributed by atoms with Gasteiger partial charge in [-0.3, -0.25) is 14.5 Å². The number of rotatable bonds is 6. The Morgan fingerprint density at radius 1 is 1.07 bits per heavy atom. The van der Waals surface area contributed by atoms with Crippen LogP contribution in [0.5, 0.6) is 5.75 Å². The number of nitrogens with zero attached hydrogens (tertiary/aromatic N) is 4. The number of hydrogen-bond acceptors (Lipinski definition) is 6. The topological polar surface area (TPSA) is 67.7 Å². The van der Waals surface area contributed by atoms with Crippen molar-refractivity contribution in [3.05, 3.63) is 81.5 Å². The Hall–Kier alpha value is -3.27. The number of amides is 2. The summed E-state index contributed by atoms with van der Waals surface area (Å²) in [4.78, 5) is 32.2. The van der Waals surface area contributed by atoms with E-state index in [9.17, 15) is 9.59 Å². The smallest absolute Gasteiger partial charge is 0.242 e. The SMILES string of the molecule is COc1ccc(-n2nc(-c3ccc(Cl)cc3)c3c2N(CC(=O)N2CCC(C)CC2)C(=O)CS[C@H]3c2cccs2)cc1. The third-order valence-corrected chi connectivity index (χ3v) is 10.3. The highest BCUT2D eigenvalue weighted by Gasteiger charge is 2.38. The van der Waals surface area contributed by atoms with E-state index in [0.717, 1.165) is 59.1 Å². The Morgan fingerprint density at radius 3 is 2.46 bits per heavy atom. The molecule has 2 aliphatic heterocycles. The van der Waals surface area contributed by atoms with Crippen LogP contribution in [0.3, 0.4) is 0 Å². The van der Waals surface area contributed by atoms with Crippen molar-refractivity contribution < 1.29 is 14.3 Å². The first kappa shape index (κ1) is 27.9. The predicted molar refractivity (Wildman–Crippen MR) is 167 cm³/mol. The Kier molecular flexibility index (Phi) is 8.10. The summed E-state index contributed by atoms with van der Waals surface area (Å²) in [6.07, 6.45) is 1.96. The minimum atomic E-state index is -0.137. The zero-order valence-electron chi connectivity index (χ0n) is 23.0. The van der Waals surface area contributed by atoms with Gasteiger partial charge in [0, 0.05) is 34.1 Å². The van der Waals surface area contributed by atoms with E-state index in [1.165, 1.54) is 0 Å². The van der Waals surface area contributed by atoms with Gasteiger partial charge in [-0.25, -0.2) is 4.68 Å². The average Bonchev–Trinajstić information content (AvgIpc) is 3.63. The summed E-state index contributed by atoms with van der Waals surface area (Å²) in [6.45, 7) is 3.63. The summed E-state index contributed by atoms with van der Waals surface area (Å²) in [5, 5.41) is 7.69. The molecule has 6 rings (SSSR count). The number of thiophene rings is 1. The standard InChI is InChI=1S/C31H31ClN4O3S2/c1-20-13-15-34(16-14-20)26(37)18-35-27(38)19-41-30(25-4-3-17-40-25)28-29(21-5-7-22(32)8-6-21)33-36(31(28)35)23-9-11-24(39-2)12-10-23/h3-12,17,20,30H,13-16,18-19H2,1-2H3/t30-/m0/s1. The highest BCUT2D eigenvalue weighted by Crippen LogP contribution is 2.49. The molecule has 1 saturated heterocycles. The Balaban J connectivity index is 1.54. The van der Waals surface area contributed by atoms with Crippen LogP contribution in [0.1, 0.15) is 35.5 Å². The second-order valence-corrected chi connectivity index (χ2v) is 13.0. The third-order valence-electron chi connectivity index (χ3n) is 7.75. The zero-order chi connectivity index (χ0) is 28.5. The number of piperidine rings is 1. The monoisotopic (exact) mass is 606 g/mol. The fraction of sp³-hybridized carbons (Fsp3) is 0.323. The second kappa shape index (κ2) is 11.9. The fourth-order valence-electron chi connectivity index (χ4n) is 5.40. The van der Waals surface area contributed by atoms with E-state index in [1.54, 1.807) is 35.1 Å². The van der Waals surface area contributed by atoms with Crippen molar-refractivity contribution in [2.24, 2.45) is 5.92 Å². The number of hydrogen-bond donors (Lipinski definition) is 0. The number of thioether (sulfide) groups is 1. The highest BCUT2D eigenvalue weighted by molar-refractivity contribution is 8.00. The van der Waals surface area contributed by atoms with Crippen LogP contribution >= 0.6 is 34.7 Å². The lowest BCUT2D eigenvalue weighted by molar-refractivity contribution is -0.132. The molecule has 2 aromatic heterocycles. The molecule has 0 N–H and O–H groups in total. The minimum absolute atomic E-state index is 0.0279. The minimum Gasteiger partial charge on any atom is -0.497 e. The summed E-state index contributed by atoms with van der Waals surface area (Å²) in [7, 11) is 1.63. The molecule has 2 aliphatic rings. The fourth-order valence-corrected chi connectivity index (χ4v) is 7.70. The zero-order valence-corrected chi connectivity index (χ0v) is 25.3. The van der Waals surface area contributed by atoms with E-state index >= 15 is 0 Å². The summed E-state index contributed by atoms with van der Waals surface area (Å²) in [5.41, 5.74) is 3.35. The van der Waals surface area contributed by atoms with E-state index in [0.29, 0.717) is 16.8 Å². The van der Waals surface area contributed by atoms with Gasteiger partial charge in [0.25, 0.3) is 0 Å². The molecule has 0 radical (unpaired) electrons. The van der Waals surface area contributed by atoms with Crippen LogP contribution in [0.2, 0.25) is 5.02 Å². The molecular formula is C31H31ClN4O3S2. The van der Waals surface area contributed by atoms with Crippen LogP contribution in [0.4, 0.5) is 5.82 Å². The summed E-state index contributed by atoms with van der Waals surface area (Å²) in [5.74, 6) is 2.07. The van der Waals surface area contributed by atoms with Crippen LogP contribution in [0.15, 0.2) is 66.0 Å². The third kappa shape index (κ3) is 5.63. The van der Waals surface area contributed by atoms with Crippen molar-refractivity contribution in [2.75, 3.05) is 37.4 Å². The van der Waals surface area contributed by atoms with E-state index in [2.05, 4.69) is 18.4 Å². The molecular weight excluding hydrogens is 576 g/mol. The molecule has 2 amide bonds. The molecule has 41 heavy (non-hydrogen) atoms. The number of carbonyl (C=O) groups is 2. The van der Waals surface area contributed by atoms with Crippen molar-refractivity contribution >= 4 is 52.3 Å². The molecule has 4 aromatic rings. The van der Waals surface area contributed by atoms with E-state index < -0.39 is 0 Å². The number of halogens is 1. The number of aromatic nitrogens is 2. The molecule has 0 bridgehead atoms. The first-order valence-electron chi connectivity index (χ1n) is 13.7. The predicted octanol–water partition coefficient (Wildman–Crippen LogP) is 6.69. The number of likely N-dealkylation sites (tertiary alicyclic amines) is 1. The van der Waals surface area contributed by atoms with Gasteiger partial charge in [0.1, 0.15) is 18.1 Å². The van der Waals surface area contributed by atoms with E-state index in [4.69, 9.17) is 21.4 Å². The molecule has 212 valence electrons. The van der Waals surface area contributed by atoms with Gasteiger partial charge >= 0.3 is 0 Å². The van der Waals surface area contributed by atoms with Gasteiger partial charge in [0.05, 0.1) is 29.5 Å². The normalized spacial score (nSPS) is 17.8. The molecule has 4 heterocycles. The van der Waals surface area contributed by atoms with Crippen molar-refractivity contribution in [2.45, 2.75) is 25.0 Å². The maximum atomic E-state index is 13.9. The van der Waals surface area contributed by atoms with Crippen LogP contribution in [0, 0.1) is 5.92 Å². The molecule has 0 aliphatic carbocycles. The Bertz CT molecular complexity index is 1530. The summed E-state index contributed by atoms with van der Waals surface area (Å²) in [6, 6.07) is 19.3. The highest BCUT2D eigenvalue weighted by atomic mass is 35.5. The Morgan fingerprint density at radius 2 is 1.80 bits per heavy atom. The summed E-state index contributed by atoms with van der Waals surface area (Å²) < 4.78 is 7.21. The molecule has 7 nitrogen and oxygen atoms in total. The van der Waals surface area contributed by atoms with Gasteiger partial charge in [-0.05, 0) is 66.6 Å². The summed E-state index contributed by atoms with van der Waals surface area (Å²) >= 11 is 9.49. The maximum Gasteiger partial charge on any atom is 0.242 e. The lowest BCUT2D eigenvalue weighted by Gasteiger charge is -2.32. The average molecular weight is 607 g/mol. The van der Waals surface area contributed by atoms with Gasteiger partial charge in [-0.1, -0.05) is 36.7 Å². The Labute approximate surface area is 253 Å². The molecule has 0 saturated carbocycles. The van der Waals surface area contributed by atoms with E-state index in [-0.39, 0.29) is 29.4 Å². The van der Waals surface area contributed by atoms with Gasteiger partial charge in [0.2, 0.25) is 11.8 Å². The first-order chi connectivity index (χ1) is 19.9. The van der Waals surface area contributed by atoms with Crippen LogP contribution in [0.25, 0.3) is 16.9 Å². The number of methoxy groups -OCH3 is 1. The number of fused-ring (bicyclic) bond motifs is 1. The van der Waals surface area contributed by atoms with Crippen molar-refractivity contribution in [1.29, 1.82) is 0 Å². The quantitative estimate of drug-likeness (QED) is 0.245. The molecule has 0 spiro atoms. The van der Waals surface area contributed by atoms with E-state index in [1.807, 2.05) is 64.2 Å². The molecule has 2 aromatic carbocycles. The molecule has 1 fully saturated rings. The molecule has 1 atom stereocenters. The lowest BCUT2D eigenvalue weighted by atomic mass is 9.99. The maximum absolute atomic E-state index is 13.9. The van der Waals surface area contributed by atoms with Crippen molar-refractivity contribution in [3.63, 3.8) is 0 Å². The molecule has 10 heteroatoms. The van der Waals surface area contributed by atoms with Crippen molar-refractivity contribution in [1.82, 2.24) is 14.7 Å². The van der Waals surface area contributed by atoms with Gasteiger partial charge in [-0.2, -0.15) is 5.10 Å². The van der Waals surface area contributed by atoms with Crippen molar-refractivity contribution in [3.8, 4) is 22.7 Å². The van der Waals surface area contributed by atoms with Gasteiger partial charge in [0.15, 0.2) is 0 Å². The van der Waals surface area contributed by atoms with Crippen LogP contribution in [-0.4, -0.2) is 59.0 Å². The van der Waals surface area contributed by atoms with Gasteiger partial charge in [-0.15, -0.1) is 23.1 Å². The van der Waals surface area contributed by atoms with Gasteiger partial charge < -0.3 is 9.64 Å². The number of ether oxygens (including phenoxy) is 1. The number of anilines is 1. The number of carbonyl (C=O) groups excluding carboxylic acids is 2. The first-order valence-corrected chi connectivity index (χ1v) is 16.0. The second-order valence-electron chi connectivity index (χ2n) is 10.5. The lowest BCUT2D eigenvalue weighted by Crippen LogP contribution is -2.46. The van der Waals surface area contributed by atoms with Crippen LogP contribution in [-0.2, 0) is 9.59 Å². The largest absolute Gasteiger partial charge is 0.497 e. The van der Waals surface area contributed by atoms with Crippen LogP contribution < -0.4 is 9.64 Å². The number of benzene rings is 2. The molecule has 0 unspecified atom stereocenters.